The molecule has 0 aromatic carbocycles. The third-order valence-electron chi connectivity index (χ3n) is 3.49. The van der Waals surface area contributed by atoms with E-state index in [0.717, 1.165) is 0 Å². The van der Waals surface area contributed by atoms with Gasteiger partial charge in [-0.25, -0.2) is 4.79 Å². The lowest BCUT2D eigenvalue weighted by molar-refractivity contribution is -0.147. The van der Waals surface area contributed by atoms with Crippen LogP contribution in [0.5, 0.6) is 0 Å². The molecule has 0 spiro atoms. The minimum absolute atomic E-state index is 0.0359. The van der Waals surface area contributed by atoms with Crippen molar-refractivity contribution in [3.05, 3.63) is 11.3 Å². The van der Waals surface area contributed by atoms with Gasteiger partial charge in [-0.1, -0.05) is 16.9 Å². The number of rotatable bonds is 6. The Bertz CT molecular complexity index is 705. The average molecular weight is 371 g/mol. The van der Waals surface area contributed by atoms with Gasteiger partial charge >= 0.3 is 5.97 Å². The van der Waals surface area contributed by atoms with Gasteiger partial charge in [0, 0.05) is 17.5 Å². The van der Waals surface area contributed by atoms with Crippen LogP contribution in [0.2, 0.25) is 0 Å². The van der Waals surface area contributed by atoms with E-state index in [1.165, 1.54) is 33.2 Å². The summed E-state index contributed by atoms with van der Waals surface area (Å²) in [5, 5.41) is 21.1. The second-order valence-corrected chi connectivity index (χ2v) is 7.69. The monoisotopic (exact) mass is 371 g/mol. The predicted molar refractivity (Wildman–Crippen MR) is 88.8 cm³/mol. The summed E-state index contributed by atoms with van der Waals surface area (Å²) in [5.74, 6) is -0.578. The van der Waals surface area contributed by atoms with Crippen molar-refractivity contribution in [2.75, 3.05) is 16.9 Å². The molecule has 1 saturated heterocycles. The zero-order valence-corrected chi connectivity index (χ0v) is 14.7. The number of carbonyl (C=O) groups is 2. The zero-order valence-electron chi connectivity index (χ0n) is 13.0. The molecule has 2 aliphatic heterocycles. The van der Waals surface area contributed by atoms with Crippen LogP contribution in [0.15, 0.2) is 16.4 Å². The number of nitrogens with two attached hydrogens (primary N) is 1. The fraction of sp³-hybridized carbons (Fsp3) is 0.583. The molecule has 0 aliphatic carbocycles. The molecule has 0 unspecified atom stereocenters. The van der Waals surface area contributed by atoms with Crippen LogP contribution in [0.4, 0.5) is 0 Å². The minimum atomic E-state index is -1.11. The highest BCUT2D eigenvalue weighted by Gasteiger charge is 2.51. The van der Waals surface area contributed by atoms with Crippen LogP contribution in [0.1, 0.15) is 13.8 Å². The Morgan fingerprint density at radius 3 is 3.00 bits per heavy atom. The highest BCUT2D eigenvalue weighted by Crippen LogP contribution is 2.40. The summed E-state index contributed by atoms with van der Waals surface area (Å²) in [5.41, 5.74) is 9.48. The van der Waals surface area contributed by atoms with Crippen LogP contribution in [-0.4, -0.2) is 71.2 Å². The van der Waals surface area contributed by atoms with Crippen molar-refractivity contribution < 1.29 is 14.7 Å². The Hall–Kier alpha value is -1.79. The Balaban J connectivity index is 1.77. The highest BCUT2D eigenvalue weighted by atomic mass is 32.2. The van der Waals surface area contributed by atoms with Gasteiger partial charge in [-0.3, -0.25) is 9.69 Å². The summed E-state index contributed by atoms with van der Waals surface area (Å²) in [6, 6.07) is -0.478. The number of nitrogens with one attached hydrogen (secondary N) is 1. The highest BCUT2D eigenvalue weighted by molar-refractivity contribution is 8.01. The molecule has 3 rings (SSSR count). The van der Waals surface area contributed by atoms with Gasteiger partial charge in [0.15, 0.2) is 0 Å². The maximum Gasteiger partial charge on any atom is 0.352 e. The number of tetrazole rings is 1. The normalized spacial score (nSPS) is 23.3. The number of amides is 1. The lowest BCUT2D eigenvalue weighted by Crippen LogP contribution is -2.68. The average Bonchev–Trinajstić information content (AvgIpc) is 2.97. The van der Waals surface area contributed by atoms with Crippen molar-refractivity contribution in [2.24, 2.45) is 5.73 Å². The molecule has 0 radical (unpaired) electrons. The van der Waals surface area contributed by atoms with Gasteiger partial charge in [-0.2, -0.15) is 0 Å². The minimum Gasteiger partial charge on any atom is -0.477 e. The molecule has 130 valence electrons. The number of aromatic nitrogens is 4. The van der Waals surface area contributed by atoms with Gasteiger partial charge in [0.2, 0.25) is 11.1 Å². The molecule has 2 aliphatic rings. The quantitative estimate of drug-likeness (QED) is 0.434. The van der Waals surface area contributed by atoms with E-state index >= 15 is 0 Å². The summed E-state index contributed by atoms with van der Waals surface area (Å²) >= 11 is 2.79. The van der Waals surface area contributed by atoms with E-state index in [1.54, 1.807) is 0 Å². The molecule has 1 aromatic rings. The Morgan fingerprint density at radius 1 is 1.58 bits per heavy atom. The molecule has 1 fully saturated rings. The smallest absolute Gasteiger partial charge is 0.352 e. The predicted octanol–water partition coefficient (Wildman–Crippen LogP) is -0.702. The molecule has 3 heterocycles. The summed E-state index contributed by atoms with van der Waals surface area (Å²) < 4.78 is 0. The van der Waals surface area contributed by atoms with Crippen molar-refractivity contribution in [2.45, 2.75) is 36.5 Å². The molecule has 0 bridgehead atoms. The number of β-lactam (4-membered cyclic amide) rings is 1. The maximum atomic E-state index is 11.9. The van der Waals surface area contributed by atoms with E-state index in [-0.39, 0.29) is 23.0 Å². The van der Waals surface area contributed by atoms with Crippen molar-refractivity contribution in [1.82, 2.24) is 25.2 Å². The Kier molecular flexibility index (Phi) is 4.69. The van der Waals surface area contributed by atoms with Crippen LogP contribution in [-0.2, 0) is 9.59 Å². The van der Waals surface area contributed by atoms with Crippen LogP contribution < -0.4 is 11.2 Å². The molecule has 1 aromatic heterocycles. The van der Waals surface area contributed by atoms with Gasteiger partial charge in [-0.15, -0.1) is 16.6 Å². The second-order valence-electron chi connectivity index (χ2n) is 5.64. The van der Waals surface area contributed by atoms with Crippen molar-refractivity contribution in [3.63, 3.8) is 0 Å². The number of carboxylic acids is 1. The van der Waals surface area contributed by atoms with Crippen molar-refractivity contribution >= 4 is 35.4 Å². The summed E-state index contributed by atoms with van der Waals surface area (Å²) in [6.45, 7) is 3.91. The molecular weight excluding hydrogens is 354 g/mol. The fourth-order valence-electron chi connectivity index (χ4n) is 2.44. The van der Waals surface area contributed by atoms with E-state index in [4.69, 9.17) is 5.73 Å². The lowest BCUT2D eigenvalue weighted by atomic mass is 10.0. The number of carboxylic acid groups (broad SMARTS) is 1. The van der Waals surface area contributed by atoms with Gasteiger partial charge < -0.3 is 16.3 Å². The van der Waals surface area contributed by atoms with Crippen LogP contribution in [0, 0.1) is 0 Å². The molecule has 24 heavy (non-hydrogen) atoms. The SMILES string of the molecule is CC(C)Nn1nnnc1SCC1=C(C(=O)O)N2C(=O)[C@@H](N)[C@@H]2SC1. The van der Waals surface area contributed by atoms with Gasteiger partial charge in [0.1, 0.15) is 17.1 Å². The standard InChI is InChI=1S/C12H17N7O3S2/c1-5(2)15-19-12(14-16-17-19)24-4-6-3-23-10-7(13)9(20)18(10)8(6)11(21)22/h5,7,10,15H,3-4,13H2,1-2H3,(H,21,22)/t7-,10+/m1/s1. The fourth-order valence-corrected chi connectivity index (χ4v) is 4.71. The first-order valence-electron chi connectivity index (χ1n) is 7.23. The third kappa shape index (κ3) is 2.96. The topological polar surface area (TPSA) is 139 Å². The summed E-state index contributed by atoms with van der Waals surface area (Å²) in [6.07, 6.45) is 0. The summed E-state index contributed by atoms with van der Waals surface area (Å²) in [7, 11) is 0. The van der Waals surface area contributed by atoms with Crippen LogP contribution >= 0.6 is 23.5 Å². The summed E-state index contributed by atoms with van der Waals surface area (Å²) in [4.78, 5) is 26.3. The second kappa shape index (κ2) is 6.61. The van der Waals surface area contributed by atoms with Gasteiger partial charge in [0.05, 0.1) is 0 Å². The molecule has 10 nitrogen and oxygen atoms in total. The molecule has 12 heteroatoms. The molecule has 4 N–H and O–H groups in total. The number of thioether (sulfide) groups is 2. The van der Waals surface area contributed by atoms with Gasteiger partial charge in [-0.05, 0) is 29.8 Å². The van der Waals surface area contributed by atoms with Gasteiger partial charge in [0.25, 0.3) is 0 Å². The maximum absolute atomic E-state index is 11.9. The van der Waals surface area contributed by atoms with Crippen molar-refractivity contribution in [1.29, 1.82) is 0 Å². The van der Waals surface area contributed by atoms with E-state index in [0.29, 0.717) is 22.2 Å². The zero-order chi connectivity index (χ0) is 17.4. The first-order valence-corrected chi connectivity index (χ1v) is 9.27. The molecular formula is C12H17N7O3S2. The number of fused-ring (bicyclic) bond motifs is 1. The molecule has 0 saturated carbocycles. The van der Waals surface area contributed by atoms with E-state index < -0.39 is 12.0 Å². The van der Waals surface area contributed by atoms with Crippen LogP contribution in [0.3, 0.4) is 0 Å². The number of nitrogens with zero attached hydrogens (tertiary/aromatic N) is 5. The molecule has 1 amide bonds. The van der Waals surface area contributed by atoms with E-state index in [9.17, 15) is 14.7 Å². The van der Waals surface area contributed by atoms with E-state index in [1.807, 2.05) is 13.8 Å². The van der Waals surface area contributed by atoms with Crippen molar-refractivity contribution in [3.8, 4) is 0 Å². The third-order valence-corrected chi connectivity index (χ3v) is 5.85. The number of hydrogen-bond donors (Lipinski definition) is 3. The Morgan fingerprint density at radius 2 is 2.33 bits per heavy atom. The van der Waals surface area contributed by atoms with E-state index in [2.05, 4.69) is 21.0 Å². The first kappa shape index (κ1) is 17.0. The first-order chi connectivity index (χ1) is 11.4. The largest absolute Gasteiger partial charge is 0.477 e. The number of aliphatic carboxylic acids is 1. The van der Waals surface area contributed by atoms with Crippen LogP contribution in [0.25, 0.3) is 0 Å². The number of carbonyl (C=O) groups excluding carboxylic acids is 1. The Labute approximate surface area is 146 Å². The lowest BCUT2D eigenvalue weighted by Gasteiger charge is -2.48. The number of hydrogen-bond acceptors (Lipinski definition) is 9. The molecule has 2 atom stereocenters.